The topological polar surface area (TPSA) is 71.8 Å². The van der Waals surface area contributed by atoms with Crippen LogP contribution in [-0.2, 0) is 10.5 Å². The van der Waals surface area contributed by atoms with E-state index in [2.05, 4.69) is 48.7 Å². The van der Waals surface area contributed by atoms with Crippen molar-refractivity contribution < 1.29 is 4.79 Å². The highest BCUT2D eigenvalue weighted by molar-refractivity contribution is 7.98. The molecule has 1 unspecified atom stereocenters. The molecule has 0 aliphatic carbocycles. The summed E-state index contributed by atoms with van der Waals surface area (Å²) >= 11 is 7.57. The number of carbonyl (C=O) groups excluding carboxylic acids is 1. The van der Waals surface area contributed by atoms with Crippen LogP contribution in [0.5, 0.6) is 0 Å². The largest absolute Gasteiger partial charge is 0.328 e. The number of hydrogen-bond acceptors (Lipinski definition) is 5. The lowest BCUT2D eigenvalue weighted by Gasteiger charge is -2.29. The van der Waals surface area contributed by atoms with Crippen LogP contribution in [0, 0.1) is 0 Å². The van der Waals surface area contributed by atoms with E-state index < -0.39 is 6.04 Å². The number of amides is 1. The van der Waals surface area contributed by atoms with Gasteiger partial charge in [-0.15, -0.1) is 5.10 Å². The number of rotatable bonds is 7. The summed E-state index contributed by atoms with van der Waals surface area (Å²) in [4.78, 5) is 18.4. The van der Waals surface area contributed by atoms with Crippen LogP contribution in [-0.4, -0.2) is 20.7 Å². The molecule has 8 heteroatoms. The first-order chi connectivity index (χ1) is 17.9. The van der Waals surface area contributed by atoms with Gasteiger partial charge < -0.3 is 10.6 Å². The molecule has 2 heterocycles. The molecule has 0 fully saturated rings. The second-order valence-electron chi connectivity index (χ2n) is 9.29. The van der Waals surface area contributed by atoms with Gasteiger partial charge in [-0.2, -0.15) is 4.98 Å². The Kier molecular flexibility index (Phi) is 7.35. The van der Waals surface area contributed by atoms with Gasteiger partial charge in [-0.05, 0) is 53.8 Å². The molecular formula is C29H28ClN5OS. The summed E-state index contributed by atoms with van der Waals surface area (Å²) in [6, 6.07) is 25.2. The van der Waals surface area contributed by atoms with Crippen molar-refractivity contribution >= 4 is 40.9 Å². The average Bonchev–Trinajstić information content (AvgIpc) is 3.30. The minimum absolute atomic E-state index is 0.175. The number of allylic oxidation sites excluding steroid dienone is 1. The molecule has 0 saturated carbocycles. The molecule has 6 nitrogen and oxygen atoms in total. The van der Waals surface area contributed by atoms with Crippen LogP contribution in [0.3, 0.4) is 0 Å². The minimum atomic E-state index is -0.418. The molecule has 1 aliphatic heterocycles. The monoisotopic (exact) mass is 529 g/mol. The van der Waals surface area contributed by atoms with Gasteiger partial charge in [-0.1, -0.05) is 91.8 Å². The fourth-order valence-corrected chi connectivity index (χ4v) is 5.22. The fraction of sp³-hybridized carbons (Fsp3) is 0.207. The van der Waals surface area contributed by atoms with Crippen LogP contribution in [0.4, 0.5) is 11.6 Å². The molecule has 37 heavy (non-hydrogen) atoms. The molecule has 1 atom stereocenters. The lowest BCUT2D eigenvalue weighted by molar-refractivity contribution is -0.113. The maximum absolute atomic E-state index is 13.6. The molecule has 1 aliphatic rings. The molecule has 0 spiro atoms. The van der Waals surface area contributed by atoms with Gasteiger partial charge in [0.05, 0.1) is 5.57 Å². The van der Waals surface area contributed by atoms with E-state index in [4.69, 9.17) is 21.7 Å². The van der Waals surface area contributed by atoms with Gasteiger partial charge in [0.2, 0.25) is 11.1 Å². The predicted molar refractivity (Wildman–Crippen MR) is 151 cm³/mol. The van der Waals surface area contributed by atoms with Crippen LogP contribution in [0.1, 0.15) is 49.4 Å². The Morgan fingerprint density at radius 1 is 1.05 bits per heavy atom. The van der Waals surface area contributed by atoms with Gasteiger partial charge in [0.25, 0.3) is 5.91 Å². The van der Waals surface area contributed by atoms with E-state index in [1.54, 1.807) is 11.8 Å². The molecule has 4 aromatic rings. The summed E-state index contributed by atoms with van der Waals surface area (Å²) in [5.74, 6) is 1.57. The first-order valence-corrected chi connectivity index (χ1v) is 13.5. The van der Waals surface area contributed by atoms with Gasteiger partial charge in [-0.3, -0.25) is 4.79 Å². The van der Waals surface area contributed by atoms with Crippen LogP contribution in [0.25, 0.3) is 0 Å². The quantitative estimate of drug-likeness (QED) is 0.246. The minimum Gasteiger partial charge on any atom is -0.328 e. The maximum Gasteiger partial charge on any atom is 0.255 e. The van der Waals surface area contributed by atoms with E-state index in [1.807, 2.05) is 66.2 Å². The van der Waals surface area contributed by atoms with E-state index in [-0.39, 0.29) is 5.91 Å². The number of nitrogens with zero attached hydrogens (tertiary/aromatic N) is 3. The second-order valence-corrected chi connectivity index (χ2v) is 10.7. The van der Waals surface area contributed by atoms with E-state index in [1.165, 1.54) is 5.56 Å². The number of para-hydroxylation sites is 1. The van der Waals surface area contributed by atoms with Crippen molar-refractivity contribution in [2.45, 2.75) is 43.6 Å². The molecule has 0 saturated heterocycles. The lowest BCUT2D eigenvalue weighted by atomic mass is 9.93. The zero-order valence-corrected chi connectivity index (χ0v) is 22.5. The SMILES string of the molecule is CC1=C(C(=O)Nc2ccccc2)C(c2ccc(C(C)C)cc2)n2nc(SCc3ccc(Cl)cc3)nc2N1. The third kappa shape index (κ3) is 5.58. The number of hydrogen-bond donors (Lipinski definition) is 2. The van der Waals surface area contributed by atoms with Crippen molar-refractivity contribution in [2.75, 3.05) is 10.6 Å². The predicted octanol–water partition coefficient (Wildman–Crippen LogP) is 7.27. The lowest BCUT2D eigenvalue weighted by Crippen LogP contribution is -2.31. The van der Waals surface area contributed by atoms with Crippen molar-refractivity contribution in [1.29, 1.82) is 0 Å². The number of fused-ring (bicyclic) bond motifs is 1. The van der Waals surface area contributed by atoms with Crippen LogP contribution >= 0.6 is 23.4 Å². The van der Waals surface area contributed by atoms with E-state index in [0.29, 0.717) is 33.4 Å². The van der Waals surface area contributed by atoms with Crippen LogP contribution < -0.4 is 10.6 Å². The number of thioether (sulfide) groups is 1. The number of anilines is 2. The number of benzene rings is 3. The Morgan fingerprint density at radius 2 is 1.76 bits per heavy atom. The van der Waals surface area contributed by atoms with Crippen molar-refractivity contribution in [3.63, 3.8) is 0 Å². The molecule has 5 rings (SSSR count). The van der Waals surface area contributed by atoms with Crippen molar-refractivity contribution in [1.82, 2.24) is 14.8 Å². The standard InChI is InChI=1S/C29H28ClN5OS/c1-18(2)21-11-13-22(14-12-21)26-25(27(36)32-24-7-5-4-6-8-24)19(3)31-28-33-29(34-35(26)28)37-17-20-9-15-23(30)16-10-20/h4-16,18,26H,17H2,1-3H3,(H,32,36)(H,31,33,34). The van der Waals surface area contributed by atoms with Crippen LogP contribution in [0.15, 0.2) is 95.3 Å². The number of carbonyl (C=O) groups is 1. The Labute approximate surface area is 226 Å². The molecule has 1 amide bonds. The van der Waals surface area contributed by atoms with Crippen molar-refractivity contribution in [2.24, 2.45) is 0 Å². The zero-order valence-electron chi connectivity index (χ0n) is 20.9. The highest BCUT2D eigenvalue weighted by Crippen LogP contribution is 2.37. The number of aromatic nitrogens is 3. The van der Waals surface area contributed by atoms with Crippen molar-refractivity contribution in [3.8, 4) is 0 Å². The smallest absolute Gasteiger partial charge is 0.255 e. The molecule has 2 N–H and O–H groups in total. The van der Waals surface area contributed by atoms with Gasteiger partial charge in [0, 0.05) is 22.2 Å². The summed E-state index contributed by atoms with van der Waals surface area (Å²) in [5, 5.41) is 12.5. The summed E-state index contributed by atoms with van der Waals surface area (Å²) in [6.07, 6.45) is 0. The van der Waals surface area contributed by atoms with Gasteiger partial charge >= 0.3 is 0 Å². The highest BCUT2D eigenvalue weighted by atomic mass is 35.5. The molecule has 1 aromatic heterocycles. The Morgan fingerprint density at radius 3 is 2.43 bits per heavy atom. The average molecular weight is 530 g/mol. The third-order valence-corrected chi connectivity index (χ3v) is 7.47. The summed E-state index contributed by atoms with van der Waals surface area (Å²) in [6.45, 7) is 6.25. The normalized spacial score (nSPS) is 14.9. The maximum atomic E-state index is 13.6. The zero-order chi connectivity index (χ0) is 25.9. The van der Waals surface area contributed by atoms with Gasteiger partial charge in [-0.25, -0.2) is 4.68 Å². The molecule has 0 bridgehead atoms. The molecule has 3 aromatic carbocycles. The second kappa shape index (κ2) is 10.8. The molecule has 0 radical (unpaired) electrons. The Balaban J connectivity index is 1.49. The summed E-state index contributed by atoms with van der Waals surface area (Å²) in [5.41, 5.74) is 5.45. The Hall–Kier alpha value is -3.55. The first kappa shape index (κ1) is 25.1. The highest BCUT2D eigenvalue weighted by Gasteiger charge is 2.34. The van der Waals surface area contributed by atoms with E-state index in [0.717, 1.165) is 22.5 Å². The summed E-state index contributed by atoms with van der Waals surface area (Å²) in [7, 11) is 0. The van der Waals surface area contributed by atoms with Gasteiger partial charge in [0.15, 0.2) is 0 Å². The Bertz CT molecular complexity index is 1430. The summed E-state index contributed by atoms with van der Waals surface area (Å²) < 4.78 is 1.82. The number of halogens is 1. The van der Waals surface area contributed by atoms with Crippen molar-refractivity contribution in [3.05, 3.63) is 112 Å². The fourth-order valence-electron chi connectivity index (χ4n) is 4.31. The molecular weight excluding hydrogens is 502 g/mol. The first-order valence-electron chi connectivity index (χ1n) is 12.2. The van der Waals surface area contributed by atoms with E-state index in [9.17, 15) is 4.79 Å². The number of nitrogens with one attached hydrogen (secondary N) is 2. The van der Waals surface area contributed by atoms with Gasteiger partial charge in [0.1, 0.15) is 6.04 Å². The third-order valence-electron chi connectivity index (χ3n) is 6.31. The van der Waals surface area contributed by atoms with E-state index >= 15 is 0 Å². The molecule has 188 valence electrons. The van der Waals surface area contributed by atoms with Crippen LogP contribution in [0.2, 0.25) is 5.02 Å².